The highest BCUT2D eigenvalue weighted by Crippen LogP contribution is 2.34. The second kappa shape index (κ2) is 6.17. The summed E-state index contributed by atoms with van der Waals surface area (Å²) in [5.41, 5.74) is 2.96. The molecule has 3 heteroatoms. The van der Waals surface area contributed by atoms with E-state index in [2.05, 4.69) is 13.0 Å². The molecule has 0 fully saturated rings. The Morgan fingerprint density at radius 3 is 2.43 bits per heavy atom. The second-order valence-electron chi connectivity index (χ2n) is 5.93. The van der Waals surface area contributed by atoms with Crippen molar-refractivity contribution in [1.82, 2.24) is 0 Å². The van der Waals surface area contributed by atoms with Crippen LogP contribution in [0.5, 0.6) is 5.75 Å². The van der Waals surface area contributed by atoms with Crippen molar-refractivity contribution in [2.24, 2.45) is 0 Å². The van der Waals surface area contributed by atoms with Gasteiger partial charge in [-0.2, -0.15) is 0 Å². The number of hydrogen-bond acceptors (Lipinski definition) is 3. The molecular formula is C20H20O2S. The zero-order chi connectivity index (χ0) is 16.6. The van der Waals surface area contributed by atoms with Gasteiger partial charge in [0.25, 0.3) is 0 Å². The third-order valence-corrected chi connectivity index (χ3v) is 5.36. The predicted octanol–water partition coefficient (Wildman–Crippen LogP) is 5.41. The molecule has 0 amide bonds. The molecule has 0 saturated heterocycles. The second-order valence-corrected chi connectivity index (χ2v) is 7.07. The van der Waals surface area contributed by atoms with Gasteiger partial charge in [0.15, 0.2) is 5.78 Å². The molecule has 1 heterocycles. The quantitative estimate of drug-likeness (QED) is 0.652. The summed E-state index contributed by atoms with van der Waals surface area (Å²) in [4.78, 5) is 14.3. The molecule has 0 saturated carbocycles. The summed E-state index contributed by atoms with van der Waals surface area (Å²) in [6.07, 6.45) is 1.93. The van der Waals surface area contributed by atoms with Crippen molar-refractivity contribution >= 4 is 27.2 Å². The van der Waals surface area contributed by atoms with E-state index in [-0.39, 0.29) is 11.5 Å². The topological polar surface area (TPSA) is 37.3 Å². The van der Waals surface area contributed by atoms with Gasteiger partial charge in [-0.3, -0.25) is 4.79 Å². The van der Waals surface area contributed by atoms with E-state index in [0.29, 0.717) is 5.56 Å². The third kappa shape index (κ3) is 2.77. The average molecular weight is 324 g/mol. The molecule has 3 rings (SSSR count). The SMILES string of the molecule is CCCc1sc2ccccc2c1C(=O)c1cc(C)c(O)c(C)c1. The van der Waals surface area contributed by atoms with Crippen LogP contribution in [-0.2, 0) is 6.42 Å². The maximum Gasteiger partial charge on any atom is 0.194 e. The molecule has 118 valence electrons. The van der Waals surface area contributed by atoms with Crippen LogP contribution in [0.4, 0.5) is 0 Å². The van der Waals surface area contributed by atoms with Crippen LogP contribution in [0.25, 0.3) is 10.1 Å². The van der Waals surface area contributed by atoms with E-state index >= 15 is 0 Å². The number of phenolic OH excluding ortho intramolecular Hbond substituents is 1. The molecule has 0 aliphatic rings. The number of carbonyl (C=O) groups is 1. The van der Waals surface area contributed by atoms with Crippen LogP contribution in [0.2, 0.25) is 0 Å². The van der Waals surface area contributed by atoms with Crippen molar-refractivity contribution in [3.8, 4) is 5.75 Å². The molecule has 0 spiro atoms. The molecule has 1 aromatic heterocycles. The van der Waals surface area contributed by atoms with Crippen molar-refractivity contribution in [1.29, 1.82) is 0 Å². The van der Waals surface area contributed by atoms with Crippen LogP contribution in [-0.4, -0.2) is 10.9 Å². The molecule has 0 radical (unpaired) electrons. The maximum atomic E-state index is 13.2. The summed E-state index contributed by atoms with van der Waals surface area (Å²) >= 11 is 1.71. The first-order valence-electron chi connectivity index (χ1n) is 7.88. The summed E-state index contributed by atoms with van der Waals surface area (Å²) < 4.78 is 1.16. The largest absolute Gasteiger partial charge is 0.507 e. The van der Waals surface area contributed by atoms with E-state index in [1.54, 1.807) is 23.5 Å². The molecule has 2 aromatic carbocycles. The highest BCUT2D eigenvalue weighted by atomic mass is 32.1. The fraction of sp³-hybridized carbons (Fsp3) is 0.250. The van der Waals surface area contributed by atoms with Crippen LogP contribution < -0.4 is 0 Å². The molecule has 3 aromatic rings. The number of phenols is 1. The lowest BCUT2D eigenvalue weighted by Gasteiger charge is -2.08. The van der Waals surface area contributed by atoms with Crippen molar-refractivity contribution in [2.45, 2.75) is 33.6 Å². The normalized spacial score (nSPS) is 11.1. The van der Waals surface area contributed by atoms with E-state index in [1.165, 1.54) is 0 Å². The Labute approximate surface area is 140 Å². The number of rotatable bonds is 4. The van der Waals surface area contributed by atoms with Gasteiger partial charge in [-0.25, -0.2) is 0 Å². The highest BCUT2D eigenvalue weighted by molar-refractivity contribution is 7.19. The number of carbonyl (C=O) groups excluding carboxylic acids is 1. The van der Waals surface area contributed by atoms with Gasteiger partial charge >= 0.3 is 0 Å². The summed E-state index contributed by atoms with van der Waals surface area (Å²) in [7, 11) is 0. The number of benzene rings is 2. The van der Waals surface area contributed by atoms with E-state index in [4.69, 9.17) is 0 Å². The minimum Gasteiger partial charge on any atom is -0.507 e. The zero-order valence-electron chi connectivity index (χ0n) is 13.6. The number of fused-ring (bicyclic) bond motifs is 1. The first-order valence-corrected chi connectivity index (χ1v) is 8.70. The fourth-order valence-electron chi connectivity index (χ4n) is 2.98. The van der Waals surface area contributed by atoms with Crippen molar-refractivity contribution in [3.63, 3.8) is 0 Å². The highest BCUT2D eigenvalue weighted by Gasteiger charge is 2.20. The molecule has 0 bridgehead atoms. The maximum absolute atomic E-state index is 13.2. The third-order valence-electron chi connectivity index (χ3n) is 4.13. The predicted molar refractivity (Wildman–Crippen MR) is 96.8 cm³/mol. The molecule has 0 unspecified atom stereocenters. The van der Waals surface area contributed by atoms with Crippen LogP contribution in [0.15, 0.2) is 36.4 Å². The number of aromatic hydroxyl groups is 1. The van der Waals surface area contributed by atoms with Crippen LogP contribution in [0.3, 0.4) is 0 Å². The molecular weight excluding hydrogens is 304 g/mol. The molecule has 0 aliphatic heterocycles. The molecule has 2 nitrogen and oxygen atoms in total. The average Bonchev–Trinajstić information content (AvgIpc) is 2.89. The molecule has 0 atom stereocenters. The van der Waals surface area contributed by atoms with Gasteiger partial charge in [0, 0.05) is 26.1 Å². The van der Waals surface area contributed by atoms with E-state index in [1.807, 2.05) is 32.0 Å². The van der Waals surface area contributed by atoms with Gasteiger partial charge in [-0.1, -0.05) is 31.5 Å². The van der Waals surface area contributed by atoms with Gasteiger partial charge < -0.3 is 5.11 Å². The van der Waals surface area contributed by atoms with E-state index in [0.717, 1.165) is 44.5 Å². The fourth-order valence-corrected chi connectivity index (χ4v) is 4.28. The summed E-state index contributed by atoms with van der Waals surface area (Å²) in [6, 6.07) is 11.7. The Balaban J connectivity index is 2.19. The van der Waals surface area contributed by atoms with E-state index < -0.39 is 0 Å². The smallest absolute Gasteiger partial charge is 0.194 e. The monoisotopic (exact) mass is 324 g/mol. The van der Waals surface area contributed by atoms with Crippen molar-refractivity contribution in [2.75, 3.05) is 0 Å². The Morgan fingerprint density at radius 2 is 1.78 bits per heavy atom. The van der Waals surface area contributed by atoms with Crippen molar-refractivity contribution in [3.05, 3.63) is 63.5 Å². The lowest BCUT2D eigenvalue weighted by atomic mass is 9.96. The van der Waals surface area contributed by atoms with Gasteiger partial charge in [0.2, 0.25) is 0 Å². The summed E-state index contributed by atoms with van der Waals surface area (Å²) in [5.74, 6) is 0.322. The van der Waals surface area contributed by atoms with Gasteiger partial charge in [-0.15, -0.1) is 11.3 Å². The molecule has 23 heavy (non-hydrogen) atoms. The first-order chi connectivity index (χ1) is 11.0. The van der Waals surface area contributed by atoms with Crippen molar-refractivity contribution < 1.29 is 9.90 Å². The van der Waals surface area contributed by atoms with Crippen LogP contribution in [0, 0.1) is 13.8 Å². The minimum atomic E-state index is 0.0529. The molecule has 0 aliphatic carbocycles. The standard InChI is InChI=1S/C20H20O2S/c1-4-7-17-18(15-8-5-6-9-16(15)23-17)20(22)14-10-12(2)19(21)13(3)11-14/h5-6,8-11,21H,4,7H2,1-3H3. The number of hydrogen-bond donors (Lipinski definition) is 1. The summed E-state index contributed by atoms with van der Waals surface area (Å²) in [6.45, 7) is 5.79. The zero-order valence-corrected chi connectivity index (χ0v) is 14.5. The van der Waals surface area contributed by atoms with Gasteiger partial charge in [-0.05, 0) is 49.6 Å². The number of thiophene rings is 1. The van der Waals surface area contributed by atoms with Gasteiger partial charge in [0.05, 0.1) is 0 Å². The number of aryl methyl sites for hydroxylation is 3. The molecule has 1 N–H and O–H groups in total. The van der Waals surface area contributed by atoms with Crippen LogP contribution in [0.1, 0.15) is 45.3 Å². The first kappa shape index (κ1) is 15.8. The summed E-state index contributed by atoms with van der Waals surface area (Å²) in [5, 5.41) is 11.0. The lowest BCUT2D eigenvalue weighted by Crippen LogP contribution is -2.04. The Kier molecular flexibility index (Phi) is 4.22. The van der Waals surface area contributed by atoms with Gasteiger partial charge in [0.1, 0.15) is 5.75 Å². The Hall–Kier alpha value is -2.13. The minimum absolute atomic E-state index is 0.0529. The van der Waals surface area contributed by atoms with Crippen LogP contribution >= 0.6 is 11.3 Å². The lowest BCUT2D eigenvalue weighted by molar-refractivity contribution is 0.103. The Bertz CT molecular complexity index is 867. The number of ketones is 1. The Morgan fingerprint density at radius 1 is 1.13 bits per heavy atom. The van der Waals surface area contributed by atoms with E-state index in [9.17, 15) is 9.90 Å².